The van der Waals surface area contributed by atoms with Crippen LogP contribution < -0.4 is 10.1 Å². The first-order chi connectivity index (χ1) is 16.2. The number of methoxy groups -OCH3 is 1. The lowest BCUT2D eigenvalue weighted by Crippen LogP contribution is -2.65. The van der Waals surface area contributed by atoms with Gasteiger partial charge >= 0.3 is 12.6 Å². The Hall–Kier alpha value is -3.07. The van der Waals surface area contributed by atoms with Gasteiger partial charge < -0.3 is 19.7 Å². The molecule has 0 aliphatic carbocycles. The minimum atomic E-state index is -3.06. The minimum absolute atomic E-state index is 0.0986. The second-order valence-electron chi connectivity index (χ2n) is 8.85. The lowest BCUT2D eigenvalue weighted by molar-refractivity contribution is -0.141. The summed E-state index contributed by atoms with van der Waals surface area (Å²) < 4.78 is 35.1. The second-order valence-corrected chi connectivity index (χ2v) is 8.85. The van der Waals surface area contributed by atoms with E-state index in [4.69, 9.17) is 4.74 Å². The molecular weight excluding hydrogens is 444 g/mol. The first-order valence-corrected chi connectivity index (χ1v) is 11.3. The van der Waals surface area contributed by atoms with Crippen LogP contribution in [0.25, 0.3) is 0 Å². The SMILES string of the molecule is COC(=O)CCCN1CC(C(=O)Nc2ccc(C)nc2OC(F)F)(c2ccccc2C(C)C)C1. The molecule has 1 amide bonds. The van der Waals surface area contributed by atoms with Crippen LogP contribution in [0.3, 0.4) is 0 Å². The molecule has 0 spiro atoms. The predicted molar refractivity (Wildman–Crippen MR) is 124 cm³/mol. The van der Waals surface area contributed by atoms with Gasteiger partial charge in [0.15, 0.2) is 0 Å². The van der Waals surface area contributed by atoms with Gasteiger partial charge in [0, 0.05) is 25.2 Å². The maximum absolute atomic E-state index is 13.7. The summed E-state index contributed by atoms with van der Waals surface area (Å²) in [6.45, 7) is 4.24. The molecule has 184 valence electrons. The molecule has 34 heavy (non-hydrogen) atoms. The van der Waals surface area contributed by atoms with Crippen LogP contribution in [0.2, 0.25) is 0 Å². The molecule has 3 rings (SSSR count). The fraction of sp³-hybridized carbons (Fsp3) is 0.480. The van der Waals surface area contributed by atoms with Crippen LogP contribution >= 0.6 is 0 Å². The monoisotopic (exact) mass is 475 g/mol. The van der Waals surface area contributed by atoms with Crippen LogP contribution in [-0.4, -0.2) is 55.1 Å². The highest BCUT2D eigenvalue weighted by molar-refractivity contribution is 6.01. The third-order valence-corrected chi connectivity index (χ3v) is 6.05. The van der Waals surface area contributed by atoms with Crippen LogP contribution in [0.5, 0.6) is 5.88 Å². The molecule has 0 saturated carbocycles. The fourth-order valence-corrected chi connectivity index (χ4v) is 4.34. The standard InChI is InChI=1S/C25H31F2N3O4/c1-16(2)18-8-5-6-9-19(18)25(14-30(15-25)13-7-10-21(31)33-4)23(32)29-20-12-11-17(3)28-22(20)34-24(26)27/h5-6,8-9,11-12,16,24H,7,10,13-15H2,1-4H3,(H,29,32). The van der Waals surface area contributed by atoms with Gasteiger partial charge in [0.2, 0.25) is 11.8 Å². The van der Waals surface area contributed by atoms with E-state index in [0.717, 1.165) is 11.1 Å². The number of carbonyl (C=O) groups excluding carboxylic acids is 2. The van der Waals surface area contributed by atoms with Crippen molar-refractivity contribution in [3.05, 3.63) is 53.2 Å². The average molecular weight is 476 g/mol. The van der Waals surface area contributed by atoms with Crippen LogP contribution in [0, 0.1) is 6.92 Å². The van der Waals surface area contributed by atoms with Crippen molar-refractivity contribution in [2.45, 2.75) is 51.6 Å². The zero-order valence-corrected chi connectivity index (χ0v) is 19.9. The minimum Gasteiger partial charge on any atom is -0.469 e. The highest BCUT2D eigenvalue weighted by Crippen LogP contribution is 2.40. The lowest BCUT2D eigenvalue weighted by atomic mass is 9.69. The zero-order valence-electron chi connectivity index (χ0n) is 19.9. The number of carbonyl (C=O) groups is 2. The van der Waals surface area contributed by atoms with Gasteiger partial charge in [-0.2, -0.15) is 8.78 Å². The molecule has 1 N–H and O–H groups in total. The number of likely N-dealkylation sites (tertiary alicyclic amines) is 1. The number of nitrogens with one attached hydrogen (secondary N) is 1. The van der Waals surface area contributed by atoms with Gasteiger partial charge in [-0.15, -0.1) is 0 Å². The Morgan fingerprint density at radius 1 is 1.18 bits per heavy atom. The number of aryl methyl sites for hydroxylation is 1. The number of benzene rings is 1. The Morgan fingerprint density at radius 2 is 1.88 bits per heavy atom. The molecule has 1 aliphatic heterocycles. The summed E-state index contributed by atoms with van der Waals surface area (Å²) in [6.07, 6.45) is 0.919. The summed E-state index contributed by atoms with van der Waals surface area (Å²) >= 11 is 0. The summed E-state index contributed by atoms with van der Waals surface area (Å²) in [7, 11) is 1.36. The Bertz CT molecular complexity index is 1020. The Labute approximate surface area is 198 Å². The zero-order chi connectivity index (χ0) is 24.9. The molecule has 1 aromatic carbocycles. The number of aromatic nitrogens is 1. The molecule has 1 aliphatic rings. The van der Waals surface area contributed by atoms with E-state index in [-0.39, 0.29) is 29.4 Å². The van der Waals surface area contributed by atoms with Crippen LogP contribution in [-0.2, 0) is 19.7 Å². The molecule has 0 atom stereocenters. The number of hydrogen-bond donors (Lipinski definition) is 1. The summed E-state index contributed by atoms with van der Waals surface area (Å²) in [5, 5.41) is 2.79. The molecular formula is C25H31F2N3O4. The molecule has 0 bridgehead atoms. The molecule has 1 aromatic heterocycles. The van der Waals surface area contributed by atoms with Crippen molar-refractivity contribution in [1.29, 1.82) is 0 Å². The average Bonchev–Trinajstić information content (AvgIpc) is 2.76. The predicted octanol–water partition coefficient (Wildman–Crippen LogP) is 4.26. The molecule has 1 saturated heterocycles. The number of nitrogens with zero attached hydrogens (tertiary/aromatic N) is 2. The van der Waals surface area contributed by atoms with Gasteiger partial charge in [-0.3, -0.25) is 9.59 Å². The number of anilines is 1. The molecule has 1 fully saturated rings. The number of alkyl halides is 2. The molecule has 9 heteroatoms. The van der Waals surface area contributed by atoms with E-state index in [1.165, 1.54) is 13.2 Å². The summed E-state index contributed by atoms with van der Waals surface area (Å²) in [5.41, 5.74) is 1.68. The van der Waals surface area contributed by atoms with E-state index in [9.17, 15) is 18.4 Å². The van der Waals surface area contributed by atoms with Gasteiger partial charge in [-0.05, 0) is 49.1 Å². The fourth-order valence-electron chi connectivity index (χ4n) is 4.34. The maximum atomic E-state index is 13.7. The molecule has 0 radical (unpaired) electrons. The van der Waals surface area contributed by atoms with Gasteiger partial charge in [-0.1, -0.05) is 38.1 Å². The molecule has 7 nitrogen and oxygen atoms in total. The molecule has 2 aromatic rings. The summed E-state index contributed by atoms with van der Waals surface area (Å²) in [4.78, 5) is 31.3. The highest BCUT2D eigenvalue weighted by Gasteiger charge is 2.51. The second kappa shape index (κ2) is 10.9. The van der Waals surface area contributed by atoms with Crippen molar-refractivity contribution in [2.75, 3.05) is 32.1 Å². The smallest absolute Gasteiger partial charge is 0.388 e. The van der Waals surface area contributed by atoms with Gasteiger partial charge in [0.1, 0.15) is 5.69 Å². The van der Waals surface area contributed by atoms with Crippen LogP contribution in [0.1, 0.15) is 49.4 Å². The molecule has 0 unspecified atom stereocenters. The number of rotatable bonds is 10. The Balaban J connectivity index is 1.88. The number of amides is 1. The topological polar surface area (TPSA) is 80.8 Å². The van der Waals surface area contributed by atoms with Crippen LogP contribution in [0.15, 0.2) is 36.4 Å². The van der Waals surface area contributed by atoms with E-state index in [0.29, 0.717) is 38.2 Å². The van der Waals surface area contributed by atoms with Gasteiger partial charge in [0.05, 0.1) is 12.5 Å². The largest absolute Gasteiger partial charge is 0.469 e. The summed E-state index contributed by atoms with van der Waals surface area (Å²) in [6, 6.07) is 10.9. The Morgan fingerprint density at radius 3 is 2.53 bits per heavy atom. The van der Waals surface area contributed by atoms with Crippen molar-refractivity contribution in [1.82, 2.24) is 9.88 Å². The van der Waals surface area contributed by atoms with Crippen molar-refractivity contribution >= 4 is 17.6 Å². The van der Waals surface area contributed by atoms with E-state index in [1.807, 2.05) is 24.3 Å². The van der Waals surface area contributed by atoms with E-state index < -0.39 is 12.0 Å². The van der Waals surface area contributed by atoms with Crippen molar-refractivity contribution in [3.8, 4) is 5.88 Å². The molecule has 2 heterocycles. The summed E-state index contributed by atoms with van der Waals surface area (Å²) in [5.74, 6) is -0.708. The maximum Gasteiger partial charge on any atom is 0.388 e. The number of pyridine rings is 1. The lowest BCUT2D eigenvalue weighted by Gasteiger charge is -2.50. The van der Waals surface area contributed by atoms with Crippen molar-refractivity contribution in [2.24, 2.45) is 0 Å². The van der Waals surface area contributed by atoms with Crippen LogP contribution in [0.4, 0.5) is 14.5 Å². The Kier molecular flexibility index (Phi) is 8.19. The third-order valence-electron chi connectivity index (χ3n) is 6.05. The number of ether oxygens (including phenoxy) is 2. The number of hydrogen-bond acceptors (Lipinski definition) is 6. The first kappa shape index (κ1) is 25.6. The first-order valence-electron chi connectivity index (χ1n) is 11.3. The number of esters is 1. The highest BCUT2D eigenvalue weighted by atomic mass is 19.3. The third kappa shape index (κ3) is 5.70. The van der Waals surface area contributed by atoms with E-state index >= 15 is 0 Å². The van der Waals surface area contributed by atoms with Crippen molar-refractivity contribution in [3.63, 3.8) is 0 Å². The van der Waals surface area contributed by atoms with E-state index in [2.05, 4.69) is 33.8 Å². The number of halogens is 2. The van der Waals surface area contributed by atoms with Gasteiger partial charge in [-0.25, -0.2) is 4.98 Å². The quantitative estimate of drug-likeness (QED) is 0.517. The van der Waals surface area contributed by atoms with Gasteiger partial charge in [0.25, 0.3) is 0 Å². The van der Waals surface area contributed by atoms with E-state index in [1.54, 1.807) is 13.0 Å². The van der Waals surface area contributed by atoms with Crippen molar-refractivity contribution < 1.29 is 27.8 Å². The normalized spacial score (nSPS) is 15.2.